The molecule has 1 atom stereocenters. The van der Waals surface area contributed by atoms with Gasteiger partial charge in [0.25, 0.3) is 0 Å². The lowest BCUT2D eigenvalue weighted by molar-refractivity contribution is -0.122. The van der Waals surface area contributed by atoms with Gasteiger partial charge in [-0.1, -0.05) is 12.1 Å². The number of anilines is 1. The molecular formula is C16H22N4O. The molecule has 0 aliphatic heterocycles. The van der Waals surface area contributed by atoms with Crippen LogP contribution in [0.4, 0.5) is 5.69 Å². The molecule has 0 bridgehead atoms. The van der Waals surface area contributed by atoms with Gasteiger partial charge in [0.05, 0.1) is 6.04 Å². The lowest BCUT2D eigenvalue weighted by Gasteiger charge is -2.14. The smallest absolute Gasteiger partial charge is 0.222 e. The van der Waals surface area contributed by atoms with E-state index in [9.17, 15) is 4.79 Å². The Hall–Kier alpha value is -2.30. The van der Waals surface area contributed by atoms with Crippen LogP contribution in [0.5, 0.6) is 0 Å². The molecule has 1 amide bonds. The zero-order chi connectivity index (χ0) is 15.2. The maximum absolute atomic E-state index is 11.9. The fraction of sp³-hybridized carbons (Fsp3) is 0.375. The summed E-state index contributed by atoms with van der Waals surface area (Å²) in [4.78, 5) is 14.0. The fourth-order valence-electron chi connectivity index (χ4n) is 2.09. The standard InChI is InChI=1S/C16H22N4O/c1-13(20-10-4-9-18-20)11-16(21)17-12-14-5-7-15(8-6-14)19(2)3/h4-10,13H,11-12H2,1-3H3,(H,17,21)/t13-/m1/s1. The van der Waals surface area contributed by atoms with E-state index in [4.69, 9.17) is 0 Å². The molecule has 0 radical (unpaired) electrons. The number of benzene rings is 1. The Labute approximate surface area is 125 Å². The molecule has 0 aliphatic carbocycles. The molecule has 1 N–H and O–H groups in total. The number of hydrogen-bond donors (Lipinski definition) is 1. The predicted octanol–water partition coefficient (Wildman–Crippen LogP) is 2.22. The molecule has 0 unspecified atom stereocenters. The van der Waals surface area contributed by atoms with Crippen LogP contribution in [0, 0.1) is 0 Å². The average molecular weight is 286 g/mol. The summed E-state index contributed by atoms with van der Waals surface area (Å²) in [5, 5.41) is 7.09. The normalized spacial score (nSPS) is 12.0. The number of rotatable bonds is 6. The van der Waals surface area contributed by atoms with E-state index in [1.165, 1.54) is 0 Å². The van der Waals surface area contributed by atoms with Crippen molar-refractivity contribution < 1.29 is 4.79 Å². The first-order valence-electron chi connectivity index (χ1n) is 7.08. The molecule has 0 spiro atoms. The van der Waals surface area contributed by atoms with E-state index in [0.717, 1.165) is 11.3 Å². The Morgan fingerprint density at radius 2 is 2.05 bits per heavy atom. The summed E-state index contributed by atoms with van der Waals surface area (Å²) in [5.74, 6) is 0.0367. The van der Waals surface area contributed by atoms with Crippen LogP contribution < -0.4 is 10.2 Å². The summed E-state index contributed by atoms with van der Waals surface area (Å²) in [7, 11) is 4.01. The van der Waals surface area contributed by atoms with Gasteiger partial charge in [-0.25, -0.2) is 0 Å². The molecular weight excluding hydrogens is 264 g/mol. The van der Waals surface area contributed by atoms with Gasteiger partial charge in [0.15, 0.2) is 0 Å². The van der Waals surface area contributed by atoms with Gasteiger partial charge in [0.1, 0.15) is 0 Å². The molecule has 1 aromatic heterocycles. The van der Waals surface area contributed by atoms with Crippen molar-refractivity contribution in [3.8, 4) is 0 Å². The minimum Gasteiger partial charge on any atom is -0.378 e. The van der Waals surface area contributed by atoms with E-state index in [2.05, 4.69) is 10.4 Å². The highest BCUT2D eigenvalue weighted by Crippen LogP contribution is 2.12. The van der Waals surface area contributed by atoms with Crippen LogP contribution in [-0.4, -0.2) is 29.8 Å². The second-order valence-electron chi connectivity index (χ2n) is 5.38. The summed E-state index contributed by atoms with van der Waals surface area (Å²) in [6.07, 6.45) is 4.02. The Bertz CT molecular complexity index is 560. The maximum atomic E-state index is 11.9. The van der Waals surface area contributed by atoms with Crippen molar-refractivity contribution in [2.75, 3.05) is 19.0 Å². The third kappa shape index (κ3) is 4.34. The van der Waals surface area contributed by atoms with Crippen LogP contribution in [0.25, 0.3) is 0 Å². The summed E-state index contributed by atoms with van der Waals surface area (Å²) in [6.45, 7) is 2.54. The van der Waals surface area contributed by atoms with Crippen LogP contribution >= 0.6 is 0 Å². The molecule has 2 rings (SSSR count). The monoisotopic (exact) mass is 286 g/mol. The first kappa shape index (κ1) is 15.1. The summed E-state index contributed by atoms with van der Waals surface area (Å²) in [6, 6.07) is 10.1. The third-order valence-electron chi connectivity index (χ3n) is 3.40. The first-order chi connectivity index (χ1) is 10.1. The van der Waals surface area contributed by atoms with E-state index < -0.39 is 0 Å². The molecule has 5 nitrogen and oxygen atoms in total. The number of amides is 1. The number of nitrogens with zero attached hydrogens (tertiary/aromatic N) is 3. The van der Waals surface area contributed by atoms with Crippen molar-refractivity contribution in [2.45, 2.75) is 25.9 Å². The van der Waals surface area contributed by atoms with Crippen molar-refractivity contribution in [1.29, 1.82) is 0 Å². The number of nitrogens with one attached hydrogen (secondary N) is 1. The van der Waals surface area contributed by atoms with Gasteiger partial charge in [-0.15, -0.1) is 0 Å². The van der Waals surface area contributed by atoms with Gasteiger partial charge in [0.2, 0.25) is 5.91 Å². The minimum absolute atomic E-state index is 0.0367. The second kappa shape index (κ2) is 6.92. The first-order valence-corrected chi connectivity index (χ1v) is 7.08. The summed E-state index contributed by atoms with van der Waals surface area (Å²) < 4.78 is 1.80. The van der Waals surface area contributed by atoms with Crippen LogP contribution in [0.1, 0.15) is 24.9 Å². The number of carbonyl (C=O) groups is 1. The highest BCUT2D eigenvalue weighted by molar-refractivity contribution is 5.76. The molecule has 1 aromatic carbocycles. The van der Waals surface area contributed by atoms with Crippen molar-refractivity contribution in [3.05, 3.63) is 48.3 Å². The lowest BCUT2D eigenvalue weighted by atomic mass is 10.2. The molecule has 0 aliphatic rings. The average Bonchev–Trinajstić information content (AvgIpc) is 3.00. The minimum atomic E-state index is 0.0367. The third-order valence-corrected chi connectivity index (χ3v) is 3.40. The fourth-order valence-corrected chi connectivity index (χ4v) is 2.09. The van der Waals surface area contributed by atoms with Crippen LogP contribution in [0.3, 0.4) is 0 Å². The van der Waals surface area contributed by atoms with Gasteiger partial charge in [-0.3, -0.25) is 9.48 Å². The molecule has 5 heteroatoms. The van der Waals surface area contributed by atoms with Crippen LogP contribution in [0.15, 0.2) is 42.7 Å². The summed E-state index contributed by atoms with van der Waals surface area (Å²) in [5.41, 5.74) is 2.25. The molecule has 112 valence electrons. The lowest BCUT2D eigenvalue weighted by Crippen LogP contribution is -2.25. The van der Waals surface area contributed by atoms with Gasteiger partial charge in [0, 0.05) is 45.1 Å². The molecule has 21 heavy (non-hydrogen) atoms. The zero-order valence-electron chi connectivity index (χ0n) is 12.8. The Balaban J connectivity index is 1.81. The van der Waals surface area contributed by atoms with Crippen LogP contribution in [0.2, 0.25) is 0 Å². The van der Waals surface area contributed by atoms with E-state index in [1.54, 1.807) is 10.9 Å². The maximum Gasteiger partial charge on any atom is 0.222 e. The topological polar surface area (TPSA) is 50.2 Å². The van der Waals surface area contributed by atoms with E-state index >= 15 is 0 Å². The largest absolute Gasteiger partial charge is 0.378 e. The van der Waals surface area contributed by atoms with E-state index in [0.29, 0.717) is 13.0 Å². The van der Waals surface area contributed by atoms with Gasteiger partial charge in [-0.2, -0.15) is 5.10 Å². The molecule has 0 fully saturated rings. The Morgan fingerprint density at radius 1 is 1.33 bits per heavy atom. The summed E-state index contributed by atoms with van der Waals surface area (Å²) >= 11 is 0. The number of carbonyl (C=O) groups excluding carboxylic acids is 1. The van der Waals surface area contributed by atoms with Crippen LogP contribution in [-0.2, 0) is 11.3 Å². The molecule has 0 saturated carbocycles. The van der Waals surface area contributed by atoms with E-state index in [-0.39, 0.29) is 11.9 Å². The molecule has 1 heterocycles. The highest BCUT2D eigenvalue weighted by atomic mass is 16.1. The van der Waals surface area contributed by atoms with Gasteiger partial charge in [-0.05, 0) is 30.7 Å². The molecule has 0 saturated heterocycles. The van der Waals surface area contributed by atoms with Gasteiger partial charge >= 0.3 is 0 Å². The predicted molar refractivity (Wildman–Crippen MR) is 84.2 cm³/mol. The van der Waals surface area contributed by atoms with Crippen molar-refractivity contribution in [2.24, 2.45) is 0 Å². The van der Waals surface area contributed by atoms with E-state index in [1.807, 2.05) is 62.4 Å². The second-order valence-corrected chi connectivity index (χ2v) is 5.38. The zero-order valence-corrected chi connectivity index (χ0v) is 12.8. The number of aromatic nitrogens is 2. The Morgan fingerprint density at radius 3 is 2.62 bits per heavy atom. The van der Waals surface area contributed by atoms with Crippen molar-refractivity contribution >= 4 is 11.6 Å². The SMILES string of the molecule is C[C@H](CC(=O)NCc1ccc(N(C)C)cc1)n1cccn1. The van der Waals surface area contributed by atoms with Crippen molar-refractivity contribution in [3.63, 3.8) is 0 Å². The van der Waals surface area contributed by atoms with Gasteiger partial charge < -0.3 is 10.2 Å². The number of hydrogen-bond acceptors (Lipinski definition) is 3. The Kier molecular flexibility index (Phi) is 4.98. The molecule has 2 aromatic rings. The van der Waals surface area contributed by atoms with Crippen molar-refractivity contribution in [1.82, 2.24) is 15.1 Å². The highest BCUT2D eigenvalue weighted by Gasteiger charge is 2.10. The quantitative estimate of drug-likeness (QED) is 0.886.